The van der Waals surface area contributed by atoms with E-state index in [2.05, 4.69) is 10.3 Å². The molecule has 1 heterocycles. The maximum Gasteiger partial charge on any atom is 0.270 e. The molecule has 1 aromatic heterocycles. The molecule has 0 unspecified atom stereocenters. The van der Waals surface area contributed by atoms with Crippen LogP contribution in [-0.4, -0.2) is 15.8 Å². The molecule has 27 heavy (non-hydrogen) atoms. The summed E-state index contributed by atoms with van der Waals surface area (Å²) in [6, 6.07) is 13.6. The lowest BCUT2D eigenvalue weighted by Crippen LogP contribution is -2.27. The second-order valence-corrected chi connectivity index (χ2v) is 7.69. The van der Waals surface area contributed by atoms with Crippen molar-refractivity contribution >= 4 is 39.7 Å². The Hall–Kier alpha value is -2.77. The third-order valence-electron chi connectivity index (χ3n) is 4.64. The number of thiazole rings is 1. The number of carbonyl (C=O) groups excluding carboxylic acids is 1. The Labute approximate surface area is 164 Å². The van der Waals surface area contributed by atoms with Crippen molar-refractivity contribution < 1.29 is 9.72 Å². The average Bonchev–Trinajstić information content (AvgIpc) is 3.35. The molecule has 0 aliphatic heterocycles. The number of halogens is 1. The number of aromatic nitrogens is 1. The van der Waals surface area contributed by atoms with E-state index in [4.69, 9.17) is 11.6 Å². The first kappa shape index (κ1) is 17.6. The molecular formula is C19H14ClN3O3S. The Morgan fingerprint density at radius 2 is 2.00 bits per heavy atom. The van der Waals surface area contributed by atoms with Crippen LogP contribution in [0.2, 0.25) is 5.02 Å². The molecule has 1 amide bonds. The SMILES string of the molecule is O=C(Nc1nc(-c2cccc([N+](=O)[O-])c2)cs1)C1(c2cccc(Cl)c2)CC1. The van der Waals surface area contributed by atoms with Crippen LogP contribution in [0.3, 0.4) is 0 Å². The van der Waals surface area contributed by atoms with Crippen LogP contribution in [0.4, 0.5) is 10.8 Å². The number of benzene rings is 2. The standard InChI is InChI=1S/C19H14ClN3O3S/c20-14-5-2-4-13(10-14)19(7-8-19)17(24)22-18-21-16(11-27-18)12-3-1-6-15(9-12)23(25)26/h1-6,9-11H,7-8H2,(H,21,22,24). The highest BCUT2D eigenvalue weighted by Crippen LogP contribution is 2.49. The fourth-order valence-corrected chi connectivity index (χ4v) is 3.92. The summed E-state index contributed by atoms with van der Waals surface area (Å²) in [6.07, 6.45) is 1.53. The van der Waals surface area contributed by atoms with Gasteiger partial charge in [0.1, 0.15) is 0 Å². The summed E-state index contributed by atoms with van der Waals surface area (Å²) in [6.45, 7) is 0. The van der Waals surface area contributed by atoms with Crippen LogP contribution in [-0.2, 0) is 10.2 Å². The van der Waals surface area contributed by atoms with E-state index in [1.165, 1.54) is 23.5 Å². The molecule has 1 N–H and O–H groups in total. The van der Waals surface area contributed by atoms with Crippen molar-refractivity contribution in [3.05, 3.63) is 74.6 Å². The predicted octanol–water partition coefficient (Wildman–Crippen LogP) is 5.04. The van der Waals surface area contributed by atoms with Gasteiger partial charge in [-0.05, 0) is 30.5 Å². The van der Waals surface area contributed by atoms with Crippen LogP contribution in [0, 0.1) is 10.1 Å². The monoisotopic (exact) mass is 399 g/mol. The number of nitro benzene ring substituents is 1. The minimum atomic E-state index is -0.553. The van der Waals surface area contributed by atoms with E-state index >= 15 is 0 Å². The number of amides is 1. The second kappa shape index (κ2) is 6.75. The van der Waals surface area contributed by atoms with Gasteiger partial charge in [0.05, 0.1) is 16.0 Å². The summed E-state index contributed by atoms with van der Waals surface area (Å²) in [4.78, 5) is 27.7. The molecule has 0 atom stereocenters. The van der Waals surface area contributed by atoms with Crippen LogP contribution in [0.25, 0.3) is 11.3 Å². The largest absolute Gasteiger partial charge is 0.301 e. The lowest BCUT2D eigenvalue weighted by atomic mass is 9.95. The number of nitro groups is 1. The van der Waals surface area contributed by atoms with Crippen LogP contribution < -0.4 is 5.32 Å². The molecule has 0 radical (unpaired) electrons. The number of hydrogen-bond acceptors (Lipinski definition) is 5. The van der Waals surface area contributed by atoms with Crippen LogP contribution in [0.5, 0.6) is 0 Å². The van der Waals surface area contributed by atoms with Crippen molar-refractivity contribution in [2.24, 2.45) is 0 Å². The number of anilines is 1. The van der Waals surface area contributed by atoms with Crippen molar-refractivity contribution in [2.75, 3.05) is 5.32 Å². The molecule has 1 aliphatic rings. The van der Waals surface area contributed by atoms with Gasteiger partial charge in [-0.25, -0.2) is 4.98 Å². The molecule has 2 aromatic carbocycles. The zero-order valence-corrected chi connectivity index (χ0v) is 15.6. The zero-order chi connectivity index (χ0) is 19.0. The highest BCUT2D eigenvalue weighted by Gasteiger charge is 2.51. The van der Waals surface area contributed by atoms with E-state index in [1.807, 2.05) is 18.2 Å². The Kier molecular flexibility index (Phi) is 4.41. The number of rotatable bonds is 5. The van der Waals surface area contributed by atoms with Crippen molar-refractivity contribution in [1.29, 1.82) is 0 Å². The molecule has 1 saturated carbocycles. The highest BCUT2D eigenvalue weighted by molar-refractivity contribution is 7.14. The third-order valence-corrected chi connectivity index (χ3v) is 5.63. The van der Waals surface area contributed by atoms with Crippen LogP contribution in [0.1, 0.15) is 18.4 Å². The summed E-state index contributed by atoms with van der Waals surface area (Å²) < 4.78 is 0. The first-order chi connectivity index (χ1) is 13.0. The summed E-state index contributed by atoms with van der Waals surface area (Å²) in [5.74, 6) is -0.107. The van der Waals surface area contributed by atoms with Crippen molar-refractivity contribution in [3.8, 4) is 11.3 Å². The smallest absolute Gasteiger partial charge is 0.270 e. The van der Waals surface area contributed by atoms with Gasteiger partial charge in [-0.15, -0.1) is 11.3 Å². The Morgan fingerprint density at radius 1 is 1.22 bits per heavy atom. The molecule has 0 bridgehead atoms. The minimum Gasteiger partial charge on any atom is -0.301 e. The lowest BCUT2D eigenvalue weighted by Gasteiger charge is -2.14. The maximum absolute atomic E-state index is 12.8. The van der Waals surface area contributed by atoms with Gasteiger partial charge in [-0.2, -0.15) is 0 Å². The molecule has 1 fully saturated rings. The first-order valence-electron chi connectivity index (χ1n) is 8.26. The van der Waals surface area contributed by atoms with E-state index in [9.17, 15) is 14.9 Å². The van der Waals surface area contributed by atoms with Crippen molar-refractivity contribution in [3.63, 3.8) is 0 Å². The van der Waals surface area contributed by atoms with Crippen LogP contribution in [0.15, 0.2) is 53.9 Å². The Morgan fingerprint density at radius 3 is 2.70 bits per heavy atom. The van der Waals surface area contributed by atoms with Gasteiger partial charge < -0.3 is 5.32 Å². The Balaban J connectivity index is 1.54. The van der Waals surface area contributed by atoms with Gasteiger partial charge in [-0.1, -0.05) is 35.9 Å². The lowest BCUT2D eigenvalue weighted by molar-refractivity contribution is -0.384. The van der Waals surface area contributed by atoms with E-state index in [-0.39, 0.29) is 11.6 Å². The molecule has 0 spiro atoms. The van der Waals surface area contributed by atoms with Gasteiger partial charge in [0.2, 0.25) is 5.91 Å². The predicted molar refractivity (Wildman–Crippen MR) is 105 cm³/mol. The van der Waals surface area contributed by atoms with Gasteiger partial charge in [0.15, 0.2) is 5.13 Å². The highest BCUT2D eigenvalue weighted by atomic mass is 35.5. The molecule has 0 saturated heterocycles. The molecule has 6 nitrogen and oxygen atoms in total. The third kappa shape index (κ3) is 3.43. The van der Waals surface area contributed by atoms with Gasteiger partial charge in [-0.3, -0.25) is 14.9 Å². The second-order valence-electron chi connectivity index (χ2n) is 6.39. The molecule has 136 valence electrons. The Bertz CT molecular complexity index is 1050. The van der Waals surface area contributed by atoms with Crippen molar-refractivity contribution in [1.82, 2.24) is 4.98 Å². The number of nitrogens with one attached hydrogen (secondary N) is 1. The molecule has 4 rings (SSSR count). The summed E-state index contributed by atoms with van der Waals surface area (Å²) in [7, 11) is 0. The van der Waals surface area contributed by atoms with Gasteiger partial charge >= 0.3 is 0 Å². The van der Waals surface area contributed by atoms with E-state index in [0.717, 1.165) is 18.4 Å². The normalized spacial score (nSPS) is 14.6. The first-order valence-corrected chi connectivity index (χ1v) is 9.52. The molecular weight excluding hydrogens is 386 g/mol. The molecule has 3 aromatic rings. The minimum absolute atomic E-state index is 0.00368. The summed E-state index contributed by atoms with van der Waals surface area (Å²) >= 11 is 7.35. The van der Waals surface area contributed by atoms with E-state index in [1.54, 1.807) is 23.6 Å². The van der Waals surface area contributed by atoms with Gasteiger partial charge in [0, 0.05) is 28.1 Å². The quantitative estimate of drug-likeness (QED) is 0.481. The molecule has 8 heteroatoms. The maximum atomic E-state index is 12.8. The zero-order valence-electron chi connectivity index (χ0n) is 14.0. The summed E-state index contributed by atoms with van der Waals surface area (Å²) in [5.41, 5.74) is 1.58. The summed E-state index contributed by atoms with van der Waals surface area (Å²) in [5, 5.41) is 16.7. The van der Waals surface area contributed by atoms with E-state index in [0.29, 0.717) is 21.4 Å². The fourth-order valence-electron chi connectivity index (χ4n) is 3.02. The fraction of sp³-hybridized carbons (Fsp3) is 0.158. The number of hydrogen-bond donors (Lipinski definition) is 1. The number of carbonyl (C=O) groups is 1. The van der Waals surface area contributed by atoms with Gasteiger partial charge in [0.25, 0.3) is 5.69 Å². The van der Waals surface area contributed by atoms with Crippen molar-refractivity contribution in [2.45, 2.75) is 18.3 Å². The number of non-ortho nitro benzene ring substituents is 1. The average molecular weight is 400 g/mol. The topological polar surface area (TPSA) is 85.1 Å². The molecule has 1 aliphatic carbocycles. The van der Waals surface area contributed by atoms with E-state index < -0.39 is 10.3 Å². The number of nitrogens with zero attached hydrogens (tertiary/aromatic N) is 2. The van der Waals surface area contributed by atoms with Crippen LogP contribution >= 0.6 is 22.9 Å².